The molecule has 1 amide bonds. The van der Waals surface area contributed by atoms with Crippen LogP contribution in [0.2, 0.25) is 4.34 Å². The van der Waals surface area contributed by atoms with Crippen molar-refractivity contribution >= 4 is 79.1 Å². The van der Waals surface area contributed by atoms with Crippen LogP contribution in [0.1, 0.15) is 17.2 Å². The van der Waals surface area contributed by atoms with Gasteiger partial charge in [0.1, 0.15) is 17.1 Å². The molecule has 4 aromatic rings. The van der Waals surface area contributed by atoms with Gasteiger partial charge in [-0.3, -0.25) is 14.5 Å². The second-order valence-electron chi connectivity index (χ2n) is 9.02. The van der Waals surface area contributed by atoms with Crippen LogP contribution in [-0.2, 0) is 14.3 Å². The lowest BCUT2D eigenvalue weighted by Gasteiger charge is -2.48. The smallest absolute Gasteiger partial charge is 0.356 e. The van der Waals surface area contributed by atoms with Gasteiger partial charge in [-0.05, 0) is 34.3 Å². The fraction of sp³-hybridized carbons (Fsp3) is 0.138. The number of hydrogen-bond donors (Lipinski definition) is 1. The minimum absolute atomic E-state index is 0.0830. The first-order valence-corrected chi connectivity index (χ1v) is 16.2. The number of fused-ring (bicyclic) bond motifs is 2. The zero-order valence-corrected chi connectivity index (χ0v) is 24.7. The normalized spacial score (nSPS) is 18.9. The van der Waals surface area contributed by atoms with Gasteiger partial charge in [-0.25, -0.2) is 4.79 Å². The van der Waals surface area contributed by atoms with E-state index >= 15 is 0 Å². The van der Waals surface area contributed by atoms with Crippen molar-refractivity contribution in [3.05, 3.63) is 121 Å². The minimum atomic E-state index is -0.659. The molecule has 2 aromatic carbocycles. The molecule has 0 spiro atoms. The van der Waals surface area contributed by atoms with Crippen LogP contribution in [0.4, 0.5) is 0 Å². The number of ether oxygens (including phenoxy) is 1. The van der Waals surface area contributed by atoms with E-state index in [-0.39, 0.29) is 22.4 Å². The van der Waals surface area contributed by atoms with Gasteiger partial charge in [-0.1, -0.05) is 84.0 Å². The van der Waals surface area contributed by atoms with Crippen LogP contribution in [0.3, 0.4) is 0 Å². The molecule has 0 bridgehead atoms. The first-order chi connectivity index (χ1) is 19.4. The standard InChI is InChI=1S/C29H21ClN2O4S4/c30-21-13-19-20(33)14-22(40-29(19)39-21)37-12-11-18-15-38-27-23(31)26(34)32(27)24(18)28(35)36-25(16-7-3-1-4-8-16)17-9-5-2-6-10-17/h1-14,23,25,27H,15,31H2/b12-11+/t23-,27-/m1/s1. The number of nitrogens with two attached hydrogens (primary N) is 1. The molecule has 2 N–H and O–H groups in total. The number of thiophene rings is 1. The molecule has 2 atom stereocenters. The zero-order valence-electron chi connectivity index (χ0n) is 20.7. The number of halogens is 1. The van der Waals surface area contributed by atoms with Crippen molar-refractivity contribution in [3.63, 3.8) is 0 Å². The number of thioether (sulfide) groups is 2. The summed E-state index contributed by atoms with van der Waals surface area (Å²) < 4.78 is 8.36. The van der Waals surface area contributed by atoms with Crippen LogP contribution < -0.4 is 11.2 Å². The van der Waals surface area contributed by atoms with Gasteiger partial charge >= 0.3 is 5.97 Å². The van der Waals surface area contributed by atoms with Gasteiger partial charge in [0.25, 0.3) is 0 Å². The summed E-state index contributed by atoms with van der Waals surface area (Å²) in [6.07, 6.45) is 1.16. The van der Waals surface area contributed by atoms with E-state index < -0.39 is 18.1 Å². The molecule has 0 aliphatic carbocycles. The number of hydrogen-bond acceptors (Lipinski definition) is 9. The predicted octanol–water partition coefficient (Wildman–Crippen LogP) is 6.41. The van der Waals surface area contributed by atoms with E-state index in [1.54, 1.807) is 12.1 Å². The van der Waals surface area contributed by atoms with E-state index in [2.05, 4.69) is 0 Å². The highest BCUT2D eigenvalue weighted by atomic mass is 35.5. The summed E-state index contributed by atoms with van der Waals surface area (Å²) >= 11 is 11.8. The van der Waals surface area contributed by atoms with Crippen molar-refractivity contribution < 1.29 is 14.3 Å². The Morgan fingerprint density at radius 2 is 1.73 bits per heavy atom. The van der Waals surface area contributed by atoms with E-state index in [0.717, 1.165) is 19.3 Å². The van der Waals surface area contributed by atoms with Crippen LogP contribution in [0, 0.1) is 0 Å². The number of nitrogens with zero attached hydrogens (tertiary/aromatic N) is 1. The lowest BCUT2D eigenvalue weighted by molar-refractivity contribution is -0.153. The second kappa shape index (κ2) is 11.6. The number of benzene rings is 2. The molecule has 11 heteroatoms. The first kappa shape index (κ1) is 27.3. The molecule has 2 aliphatic rings. The summed E-state index contributed by atoms with van der Waals surface area (Å²) in [4.78, 5) is 40.6. The second-order valence-corrected chi connectivity index (χ2v) is 14.3. The third kappa shape index (κ3) is 5.27. The molecule has 6 rings (SSSR count). The average molecular weight is 625 g/mol. The molecule has 40 heavy (non-hydrogen) atoms. The first-order valence-electron chi connectivity index (χ1n) is 12.2. The maximum Gasteiger partial charge on any atom is 0.356 e. The molecule has 1 fully saturated rings. The van der Waals surface area contributed by atoms with Crippen molar-refractivity contribution in [1.82, 2.24) is 4.90 Å². The van der Waals surface area contributed by atoms with Crippen molar-refractivity contribution in [2.45, 2.75) is 21.7 Å². The van der Waals surface area contributed by atoms with Gasteiger partial charge < -0.3 is 10.5 Å². The summed E-state index contributed by atoms with van der Waals surface area (Å²) in [5.74, 6) is -0.412. The van der Waals surface area contributed by atoms with Crippen molar-refractivity contribution in [2.24, 2.45) is 5.73 Å². The molecule has 0 unspecified atom stereocenters. The van der Waals surface area contributed by atoms with E-state index in [9.17, 15) is 14.4 Å². The molecule has 4 heterocycles. The van der Waals surface area contributed by atoms with Gasteiger partial charge in [0.15, 0.2) is 11.5 Å². The third-order valence-electron chi connectivity index (χ3n) is 6.49. The quantitative estimate of drug-likeness (QED) is 0.144. The fourth-order valence-corrected chi connectivity index (χ4v) is 9.54. The molecule has 1 saturated heterocycles. The summed E-state index contributed by atoms with van der Waals surface area (Å²) in [5.41, 5.74) is 8.49. The van der Waals surface area contributed by atoms with Crippen molar-refractivity contribution in [1.29, 1.82) is 0 Å². The van der Waals surface area contributed by atoms with Gasteiger partial charge in [0, 0.05) is 11.8 Å². The minimum Gasteiger partial charge on any atom is -0.448 e. The predicted molar refractivity (Wildman–Crippen MR) is 165 cm³/mol. The topological polar surface area (TPSA) is 89.7 Å². The van der Waals surface area contributed by atoms with E-state index in [1.165, 1.54) is 51.1 Å². The summed E-state index contributed by atoms with van der Waals surface area (Å²) in [5, 5.41) is 2.13. The maximum absolute atomic E-state index is 13.8. The van der Waals surface area contributed by atoms with Crippen molar-refractivity contribution in [3.8, 4) is 0 Å². The number of β-lactam (4-membered cyclic amide) rings is 1. The van der Waals surface area contributed by atoms with E-state index in [0.29, 0.717) is 21.0 Å². The Hall–Kier alpha value is -2.86. The monoisotopic (exact) mass is 624 g/mol. The SMILES string of the molecule is N[C@@H]1C(=O)N2C(C(=O)OC(c3ccccc3)c3ccccc3)=C(/C=C/Sc3cc(=O)c4cc(Cl)sc4s3)CS[C@H]12. The Morgan fingerprint density at radius 1 is 1.05 bits per heavy atom. The Morgan fingerprint density at radius 3 is 2.40 bits per heavy atom. The van der Waals surface area contributed by atoms with Gasteiger partial charge in [0.05, 0.1) is 17.9 Å². The largest absolute Gasteiger partial charge is 0.448 e. The Kier molecular flexibility index (Phi) is 7.89. The van der Waals surface area contributed by atoms with E-state index in [4.69, 9.17) is 22.1 Å². The molecule has 0 saturated carbocycles. The lowest BCUT2D eigenvalue weighted by atomic mass is 10.0. The number of rotatable bonds is 7. The molecular formula is C29H21ClN2O4S4. The molecule has 2 aromatic heterocycles. The summed E-state index contributed by atoms with van der Waals surface area (Å²) in [7, 11) is 0. The van der Waals surface area contributed by atoms with Crippen LogP contribution in [0.25, 0.3) is 9.40 Å². The van der Waals surface area contributed by atoms with E-state index in [1.807, 2.05) is 72.1 Å². The van der Waals surface area contributed by atoms with Crippen LogP contribution >= 0.6 is 57.8 Å². The average Bonchev–Trinajstić information content (AvgIpc) is 3.36. The Labute approximate surface area is 251 Å². The number of carbonyl (C=O) groups excluding carboxylic acids is 2. The zero-order chi connectivity index (χ0) is 27.8. The van der Waals surface area contributed by atoms with Crippen LogP contribution in [0.5, 0.6) is 0 Å². The highest BCUT2D eigenvalue weighted by Gasteiger charge is 2.52. The number of esters is 1. The fourth-order valence-electron chi connectivity index (χ4n) is 4.54. The lowest BCUT2D eigenvalue weighted by Crippen LogP contribution is -2.68. The third-order valence-corrected chi connectivity index (χ3v) is 11.3. The molecular weight excluding hydrogens is 604 g/mol. The molecule has 6 nitrogen and oxygen atoms in total. The van der Waals surface area contributed by atoms with Crippen LogP contribution in [0.15, 0.2) is 105 Å². The molecule has 0 radical (unpaired) electrons. The van der Waals surface area contributed by atoms with Crippen molar-refractivity contribution in [2.75, 3.05) is 5.75 Å². The highest BCUT2D eigenvalue weighted by Crippen LogP contribution is 2.42. The molecule has 2 aliphatic heterocycles. The maximum atomic E-state index is 13.8. The number of carbonyl (C=O) groups is 2. The summed E-state index contributed by atoms with van der Waals surface area (Å²) in [6, 6.07) is 21.6. The van der Waals surface area contributed by atoms with Gasteiger partial charge in [-0.15, -0.1) is 34.4 Å². The Balaban J connectivity index is 1.32. The highest BCUT2D eigenvalue weighted by molar-refractivity contribution is 8.04. The molecule has 202 valence electrons. The van der Waals surface area contributed by atoms with Crippen LogP contribution in [-0.4, -0.2) is 33.9 Å². The van der Waals surface area contributed by atoms with Gasteiger partial charge in [0.2, 0.25) is 5.91 Å². The number of amides is 1. The number of allylic oxidation sites excluding steroid dienone is 1. The summed E-state index contributed by atoms with van der Waals surface area (Å²) in [6.45, 7) is 0. The Bertz CT molecular complexity index is 1680. The van der Waals surface area contributed by atoms with Gasteiger partial charge in [-0.2, -0.15) is 0 Å².